The number of rotatable bonds is 4. The molecule has 0 N–H and O–H groups in total. The molecule has 0 radical (unpaired) electrons. The molecule has 18 heavy (non-hydrogen) atoms. The molecule has 1 rings (SSSR count). The van der Waals surface area contributed by atoms with Gasteiger partial charge in [-0.2, -0.15) is 13.2 Å². The Morgan fingerprint density at radius 2 is 2.17 bits per heavy atom. The first-order valence-electron chi connectivity index (χ1n) is 4.86. The lowest BCUT2D eigenvalue weighted by Gasteiger charge is -2.10. The van der Waals surface area contributed by atoms with Gasteiger partial charge in [0.2, 0.25) is 0 Å². The van der Waals surface area contributed by atoms with Gasteiger partial charge < -0.3 is 4.74 Å². The summed E-state index contributed by atoms with van der Waals surface area (Å²) in [6, 6.07) is 4.97. The summed E-state index contributed by atoms with van der Waals surface area (Å²) in [6.45, 7) is 0. The summed E-state index contributed by atoms with van der Waals surface area (Å²) in [4.78, 5) is 11.0. The Labute approximate surface area is 115 Å². The zero-order valence-electron chi connectivity index (χ0n) is 9.33. The third kappa shape index (κ3) is 4.53. The minimum atomic E-state index is -4.35. The Kier molecular flexibility index (Phi) is 5.52. The zero-order chi connectivity index (χ0) is 13.8. The SMILES string of the molecule is COC(=O)C(Br)CSc1cccc(C(F)(F)F)c1. The molecule has 0 fully saturated rings. The summed E-state index contributed by atoms with van der Waals surface area (Å²) in [6.07, 6.45) is -4.35. The van der Waals surface area contributed by atoms with Crippen molar-refractivity contribution in [2.24, 2.45) is 0 Å². The summed E-state index contributed by atoms with van der Waals surface area (Å²) in [7, 11) is 1.26. The van der Waals surface area contributed by atoms with E-state index in [0.29, 0.717) is 10.6 Å². The minimum Gasteiger partial charge on any atom is -0.468 e. The molecule has 1 atom stereocenters. The second-order valence-corrected chi connectivity index (χ2v) is 5.53. The van der Waals surface area contributed by atoms with E-state index in [4.69, 9.17) is 0 Å². The van der Waals surface area contributed by atoms with Gasteiger partial charge in [0.25, 0.3) is 0 Å². The maximum atomic E-state index is 12.5. The lowest BCUT2D eigenvalue weighted by molar-refractivity contribution is -0.139. The highest BCUT2D eigenvalue weighted by molar-refractivity contribution is 9.10. The van der Waals surface area contributed by atoms with Gasteiger partial charge in [-0.25, -0.2) is 0 Å². The van der Waals surface area contributed by atoms with E-state index in [0.717, 1.165) is 23.9 Å². The van der Waals surface area contributed by atoms with E-state index >= 15 is 0 Å². The Morgan fingerprint density at radius 3 is 2.72 bits per heavy atom. The van der Waals surface area contributed by atoms with Gasteiger partial charge in [-0.3, -0.25) is 4.79 Å². The topological polar surface area (TPSA) is 26.3 Å². The Morgan fingerprint density at radius 1 is 1.50 bits per heavy atom. The highest BCUT2D eigenvalue weighted by atomic mass is 79.9. The molecular weight excluding hydrogens is 333 g/mol. The van der Waals surface area contributed by atoms with Gasteiger partial charge in [-0.05, 0) is 18.2 Å². The van der Waals surface area contributed by atoms with Crippen molar-refractivity contribution in [2.75, 3.05) is 12.9 Å². The van der Waals surface area contributed by atoms with Crippen LogP contribution in [0.2, 0.25) is 0 Å². The normalized spacial score (nSPS) is 13.2. The predicted octanol–water partition coefficient (Wildman–Crippen LogP) is 3.73. The monoisotopic (exact) mass is 342 g/mol. The van der Waals surface area contributed by atoms with Crippen LogP contribution in [0.5, 0.6) is 0 Å². The Balaban J connectivity index is 2.66. The molecule has 0 saturated heterocycles. The van der Waals surface area contributed by atoms with Gasteiger partial charge in [0, 0.05) is 10.6 Å². The van der Waals surface area contributed by atoms with E-state index in [1.54, 1.807) is 6.07 Å². The first-order chi connectivity index (χ1) is 8.34. The van der Waals surface area contributed by atoms with Crippen LogP contribution in [0.15, 0.2) is 29.2 Å². The van der Waals surface area contributed by atoms with Crippen molar-refractivity contribution in [2.45, 2.75) is 15.9 Å². The number of esters is 1. The molecule has 0 amide bonds. The van der Waals surface area contributed by atoms with Gasteiger partial charge in [0.15, 0.2) is 0 Å². The smallest absolute Gasteiger partial charge is 0.416 e. The number of alkyl halides is 4. The van der Waals surface area contributed by atoms with Crippen molar-refractivity contribution >= 4 is 33.7 Å². The fourth-order valence-electron chi connectivity index (χ4n) is 1.13. The van der Waals surface area contributed by atoms with E-state index in [1.165, 1.54) is 13.2 Å². The van der Waals surface area contributed by atoms with Crippen LogP contribution in [0.4, 0.5) is 13.2 Å². The first kappa shape index (κ1) is 15.4. The number of hydrogen-bond donors (Lipinski definition) is 0. The molecule has 0 aromatic heterocycles. The van der Waals surface area contributed by atoms with E-state index in [1.807, 2.05) is 0 Å². The van der Waals surface area contributed by atoms with E-state index < -0.39 is 22.5 Å². The third-order valence-corrected chi connectivity index (χ3v) is 4.23. The lowest BCUT2D eigenvalue weighted by Crippen LogP contribution is -2.17. The molecule has 7 heteroatoms. The van der Waals surface area contributed by atoms with Crippen molar-refractivity contribution in [3.05, 3.63) is 29.8 Å². The molecule has 1 aromatic carbocycles. The van der Waals surface area contributed by atoms with Crippen LogP contribution in [-0.2, 0) is 15.7 Å². The van der Waals surface area contributed by atoms with Crippen LogP contribution >= 0.6 is 27.7 Å². The molecule has 0 aliphatic heterocycles. The second-order valence-electron chi connectivity index (χ2n) is 3.33. The number of methoxy groups -OCH3 is 1. The van der Waals surface area contributed by atoms with Gasteiger partial charge in [-0.1, -0.05) is 22.0 Å². The molecule has 100 valence electrons. The number of thioether (sulfide) groups is 1. The zero-order valence-corrected chi connectivity index (χ0v) is 11.7. The van der Waals surface area contributed by atoms with Crippen LogP contribution in [0.3, 0.4) is 0 Å². The van der Waals surface area contributed by atoms with Crippen LogP contribution in [-0.4, -0.2) is 23.7 Å². The summed E-state index contributed by atoms with van der Waals surface area (Å²) < 4.78 is 41.9. The quantitative estimate of drug-likeness (QED) is 0.473. The summed E-state index contributed by atoms with van der Waals surface area (Å²) in [5, 5.41) is 0. The maximum Gasteiger partial charge on any atom is 0.416 e. The molecule has 0 aliphatic carbocycles. The van der Waals surface area contributed by atoms with Crippen molar-refractivity contribution in [1.82, 2.24) is 0 Å². The van der Waals surface area contributed by atoms with Crippen LogP contribution in [0.1, 0.15) is 5.56 Å². The molecule has 1 unspecified atom stereocenters. The van der Waals surface area contributed by atoms with Gasteiger partial charge in [0.1, 0.15) is 4.83 Å². The fourth-order valence-corrected chi connectivity index (χ4v) is 2.57. The molecule has 1 aromatic rings. The lowest BCUT2D eigenvalue weighted by atomic mass is 10.2. The number of carbonyl (C=O) groups excluding carboxylic acids is 1. The summed E-state index contributed by atoms with van der Waals surface area (Å²) in [5.74, 6) is -0.150. The third-order valence-electron chi connectivity index (χ3n) is 2.01. The predicted molar refractivity (Wildman–Crippen MR) is 66.9 cm³/mol. The minimum absolute atomic E-state index is 0.300. The number of halogens is 4. The average Bonchev–Trinajstić information content (AvgIpc) is 2.34. The van der Waals surface area contributed by atoms with Crippen molar-refractivity contribution in [3.63, 3.8) is 0 Å². The molecule has 2 nitrogen and oxygen atoms in total. The molecule has 0 heterocycles. The molecule has 0 bridgehead atoms. The van der Waals surface area contributed by atoms with E-state index in [2.05, 4.69) is 20.7 Å². The highest BCUT2D eigenvalue weighted by Crippen LogP contribution is 2.32. The van der Waals surface area contributed by atoms with Crippen molar-refractivity contribution in [1.29, 1.82) is 0 Å². The molecule has 0 spiro atoms. The molecule has 0 aliphatic rings. The fraction of sp³-hybridized carbons (Fsp3) is 0.364. The van der Waals surface area contributed by atoms with Crippen molar-refractivity contribution in [3.8, 4) is 0 Å². The summed E-state index contributed by atoms with van der Waals surface area (Å²) >= 11 is 4.26. The number of ether oxygens (including phenoxy) is 1. The standard InChI is InChI=1S/C11H10BrF3O2S/c1-17-10(16)9(12)6-18-8-4-2-3-7(5-8)11(13,14)15/h2-5,9H,6H2,1H3. The number of hydrogen-bond acceptors (Lipinski definition) is 3. The first-order valence-corrected chi connectivity index (χ1v) is 6.76. The summed E-state index contributed by atoms with van der Waals surface area (Å²) in [5.41, 5.74) is -0.698. The van der Waals surface area contributed by atoms with Crippen LogP contribution in [0, 0.1) is 0 Å². The van der Waals surface area contributed by atoms with Gasteiger partial charge >= 0.3 is 12.1 Å². The van der Waals surface area contributed by atoms with Crippen LogP contribution in [0.25, 0.3) is 0 Å². The van der Waals surface area contributed by atoms with Crippen LogP contribution < -0.4 is 0 Å². The average molecular weight is 343 g/mol. The van der Waals surface area contributed by atoms with E-state index in [-0.39, 0.29) is 0 Å². The second kappa shape index (κ2) is 6.47. The van der Waals surface area contributed by atoms with E-state index in [9.17, 15) is 18.0 Å². The maximum absolute atomic E-state index is 12.5. The van der Waals surface area contributed by atoms with Crippen molar-refractivity contribution < 1.29 is 22.7 Å². The number of benzene rings is 1. The van der Waals surface area contributed by atoms with Gasteiger partial charge in [0.05, 0.1) is 12.7 Å². The number of carbonyl (C=O) groups is 1. The Bertz CT molecular complexity index is 423. The molecular formula is C11H10BrF3O2S. The largest absolute Gasteiger partial charge is 0.468 e. The highest BCUT2D eigenvalue weighted by Gasteiger charge is 2.30. The molecule has 0 saturated carbocycles. The Hall–Kier alpha value is -0.690. The van der Waals surface area contributed by atoms with Gasteiger partial charge in [-0.15, -0.1) is 11.8 Å².